The Bertz CT molecular complexity index is 793. The molecule has 1 aromatic heterocycles. The lowest BCUT2D eigenvalue weighted by molar-refractivity contribution is 0.0519. The minimum Gasteiger partial charge on any atom is -0.461 e. The molecular weight excluding hydrogens is 298 g/mol. The molecule has 2 aromatic rings. The zero-order valence-electron chi connectivity index (χ0n) is 12.1. The quantitative estimate of drug-likeness (QED) is 0.510. The normalized spacial score (nSPS) is 9.35. The van der Waals surface area contributed by atoms with E-state index in [4.69, 9.17) is 19.7 Å². The van der Waals surface area contributed by atoms with Gasteiger partial charge in [0.15, 0.2) is 5.69 Å². The van der Waals surface area contributed by atoms with E-state index in [1.165, 1.54) is 6.26 Å². The van der Waals surface area contributed by atoms with E-state index in [1.807, 2.05) is 0 Å². The van der Waals surface area contributed by atoms with Crippen molar-refractivity contribution in [3.8, 4) is 23.6 Å². The third kappa shape index (κ3) is 3.93. The highest BCUT2D eigenvalue weighted by atomic mass is 16.5. The van der Waals surface area contributed by atoms with Crippen LogP contribution in [0.3, 0.4) is 0 Å². The maximum atomic E-state index is 11.5. The van der Waals surface area contributed by atoms with Crippen molar-refractivity contribution in [1.29, 1.82) is 10.5 Å². The van der Waals surface area contributed by atoms with E-state index in [0.717, 1.165) is 0 Å². The molecule has 1 heterocycles. The molecule has 1 N–H and O–H groups in total. The Kier molecular flexibility index (Phi) is 5.05. The summed E-state index contributed by atoms with van der Waals surface area (Å²) in [6.45, 7) is 1.96. The monoisotopic (exact) mass is 309 g/mol. The third-order valence-corrected chi connectivity index (χ3v) is 2.63. The van der Waals surface area contributed by atoms with E-state index in [-0.39, 0.29) is 23.9 Å². The smallest absolute Gasteiger partial charge is 0.360 e. The molecule has 0 fully saturated rings. The second-order valence-corrected chi connectivity index (χ2v) is 4.13. The molecule has 0 aliphatic carbocycles. The first kappa shape index (κ1) is 15.7. The summed E-state index contributed by atoms with van der Waals surface area (Å²) in [5.41, 5.74) is 3.63. The van der Waals surface area contributed by atoms with E-state index < -0.39 is 5.97 Å². The topological polar surface area (TPSA) is 124 Å². The average molecular weight is 309 g/mol. The predicted molar refractivity (Wildman–Crippen MR) is 80.2 cm³/mol. The Hall–Kier alpha value is -3.65. The summed E-state index contributed by atoms with van der Waals surface area (Å²) in [5, 5.41) is 20.8. The molecule has 0 bridgehead atoms. The van der Waals surface area contributed by atoms with E-state index >= 15 is 0 Å². The summed E-state index contributed by atoms with van der Waals surface area (Å²) < 4.78 is 10.1. The van der Waals surface area contributed by atoms with Crippen molar-refractivity contribution in [1.82, 2.24) is 4.98 Å². The number of nitrogens with one attached hydrogen (secondary N) is 1. The highest BCUT2D eigenvalue weighted by Gasteiger charge is 2.14. The second-order valence-electron chi connectivity index (χ2n) is 4.13. The number of rotatable bonds is 5. The SMILES string of the molecule is CCOC(=O)c1coc(-c2ccc(NN=C(C#N)C#N)cc2)n1. The number of hydrogen-bond acceptors (Lipinski definition) is 8. The van der Waals surface area contributed by atoms with Gasteiger partial charge in [-0.05, 0) is 31.2 Å². The maximum Gasteiger partial charge on any atom is 0.360 e. The van der Waals surface area contributed by atoms with Crippen LogP contribution >= 0.6 is 0 Å². The Morgan fingerprint density at radius 3 is 2.65 bits per heavy atom. The zero-order valence-corrected chi connectivity index (χ0v) is 12.1. The summed E-state index contributed by atoms with van der Waals surface area (Å²) in [7, 11) is 0. The van der Waals surface area contributed by atoms with Crippen LogP contribution < -0.4 is 5.43 Å². The van der Waals surface area contributed by atoms with E-state index in [1.54, 1.807) is 43.3 Å². The van der Waals surface area contributed by atoms with Crippen LogP contribution in [0.2, 0.25) is 0 Å². The van der Waals surface area contributed by atoms with Crippen molar-refractivity contribution in [2.24, 2.45) is 5.10 Å². The van der Waals surface area contributed by atoms with Gasteiger partial charge in [-0.3, -0.25) is 5.43 Å². The van der Waals surface area contributed by atoms with E-state index in [9.17, 15) is 4.79 Å². The van der Waals surface area contributed by atoms with Gasteiger partial charge >= 0.3 is 5.97 Å². The number of nitrogens with zero attached hydrogens (tertiary/aromatic N) is 4. The molecule has 0 aliphatic heterocycles. The van der Waals surface area contributed by atoms with Crippen molar-refractivity contribution in [3.63, 3.8) is 0 Å². The second kappa shape index (κ2) is 7.38. The largest absolute Gasteiger partial charge is 0.461 e. The van der Waals surface area contributed by atoms with Crippen LogP contribution in [0.15, 0.2) is 40.0 Å². The van der Waals surface area contributed by atoms with Crippen molar-refractivity contribution < 1.29 is 13.9 Å². The summed E-state index contributed by atoms with van der Waals surface area (Å²) in [4.78, 5) is 15.6. The predicted octanol–water partition coefficient (Wildman–Crippen LogP) is 2.33. The van der Waals surface area contributed by atoms with Gasteiger partial charge in [0.2, 0.25) is 11.6 Å². The van der Waals surface area contributed by atoms with Gasteiger partial charge in [0.05, 0.1) is 12.3 Å². The first-order valence-corrected chi connectivity index (χ1v) is 6.55. The van der Waals surface area contributed by atoms with Crippen LogP contribution in [-0.2, 0) is 4.74 Å². The maximum absolute atomic E-state index is 11.5. The number of anilines is 1. The van der Waals surface area contributed by atoms with Gasteiger partial charge in [-0.1, -0.05) is 0 Å². The van der Waals surface area contributed by atoms with Crippen LogP contribution in [0.5, 0.6) is 0 Å². The average Bonchev–Trinajstić information content (AvgIpc) is 3.07. The number of hydrogen-bond donors (Lipinski definition) is 1. The fourth-order valence-corrected chi connectivity index (χ4v) is 1.59. The van der Waals surface area contributed by atoms with Crippen LogP contribution in [-0.4, -0.2) is 23.3 Å². The number of oxazole rings is 1. The fraction of sp³-hybridized carbons (Fsp3) is 0.133. The molecule has 0 saturated heterocycles. The Labute approximate surface area is 131 Å². The molecule has 114 valence electrons. The molecule has 0 aliphatic rings. The standard InChI is InChI=1S/C15H11N5O3/c1-2-22-15(21)13-9-23-14(18-13)10-3-5-11(6-4-10)19-20-12(7-16)8-17/h3-6,9,19H,2H2,1H3. The number of benzene rings is 1. The number of esters is 1. The number of aromatic nitrogens is 1. The summed E-state index contributed by atoms with van der Waals surface area (Å²) >= 11 is 0. The molecule has 0 atom stereocenters. The number of hydrazone groups is 1. The third-order valence-electron chi connectivity index (χ3n) is 2.63. The highest BCUT2D eigenvalue weighted by Crippen LogP contribution is 2.21. The molecular formula is C15H11N5O3. The Morgan fingerprint density at radius 2 is 2.04 bits per heavy atom. The molecule has 8 nitrogen and oxygen atoms in total. The van der Waals surface area contributed by atoms with Gasteiger partial charge in [0.1, 0.15) is 18.4 Å². The van der Waals surface area contributed by atoms with Gasteiger partial charge < -0.3 is 9.15 Å². The van der Waals surface area contributed by atoms with Gasteiger partial charge in [-0.25, -0.2) is 9.78 Å². The molecule has 2 rings (SSSR count). The van der Waals surface area contributed by atoms with Crippen molar-refractivity contribution in [2.75, 3.05) is 12.0 Å². The lowest BCUT2D eigenvalue weighted by atomic mass is 10.2. The summed E-state index contributed by atoms with van der Waals surface area (Å²) in [6, 6.07) is 10.00. The van der Waals surface area contributed by atoms with Crippen molar-refractivity contribution in [3.05, 3.63) is 36.2 Å². The van der Waals surface area contributed by atoms with Crippen LogP contribution in [0, 0.1) is 22.7 Å². The molecule has 0 amide bonds. The Morgan fingerprint density at radius 1 is 1.35 bits per heavy atom. The first-order chi connectivity index (χ1) is 11.2. The lowest BCUT2D eigenvalue weighted by Gasteiger charge is -2.00. The number of carbonyl (C=O) groups excluding carboxylic acids is 1. The van der Waals surface area contributed by atoms with Gasteiger partial charge in [-0.15, -0.1) is 0 Å². The van der Waals surface area contributed by atoms with E-state index in [0.29, 0.717) is 11.3 Å². The highest BCUT2D eigenvalue weighted by molar-refractivity contribution is 6.10. The van der Waals surface area contributed by atoms with Crippen LogP contribution in [0.4, 0.5) is 5.69 Å². The molecule has 1 aromatic carbocycles. The van der Waals surface area contributed by atoms with E-state index in [2.05, 4.69) is 15.5 Å². The van der Waals surface area contributed by atoms with Gasteiger partial charge in [-0.2, -0.15) is 15.6 Å². The van der Waals surface area contributed by atoms with Crippen LogP contribution in [0.1, 0.15) is 17.4 Å². The van der Waals surface area contributed by atoms with Gasteiger partial charge in [0, 0.05) is 5.56 Å². The first-order valence-electron chi connectivity index (χ1n) is 6.55. The molecule has 0 saturated carbocycles. The summed E-state index contributed by atoms with van der Waals surface area (Å²) in [6.07, 6.45) is 1.23. The lowest BCUT2D eigenvalue weighted by Crippen LogP contribution is -2.04. The Balaban J connectivity index is 2.11. The minimum atomic E-state index is -0.546. The molecule has 0 radical (unpaired) electrons. The molecule has 0 unspecified atom stereocenters. The van der Waals surface area contributed by atoms with Crippen molar-refractivity contribution in [2.45, 2.75) is 6.92 Å². The number of nitriles is 2. The number of carbonyl (C=O) groups is 1. The molecule has 23 heavy (non-hydrogen) atoms. The fourth-order valence-electron chi connectivity index (χ4n) is 1.59. The molecule has 8 heteroatoms. The minimum absolute atomic E-state index is 0.0985. The summed E-state index contributed by atoms with van der Waals surface area (Å²) in [5.74, 6) is -0.270. The van der Waals surface area contributed by atoms with Crippen LogP contribution in [0.25, 0.3) is 11.5 Å². The molecule has 0 spiro atoms. The number of ether oxygens (including phenoxy) is 1. The van der Waals surface area contributed by atoms with Crippen molar-refractivity contribution >= 4 is 17.4 Å². The zero-order chi connectivity index (χ0) is 16.7. The van der Waals surface area contributed by atoms with Gasteiger partial charge in [0.25, 0.3) is 0 Å².